The van der Waals surface area contributed by atoms with Gasteiger partial charge in [-0.25, -0.2) is 0 Å². The van der Waals surface area contributed by atoms with Crippen LogP contribution in [-0.2, 0) is 4.74 Å². The van der Waals surface area contributed by atoms with Crippen molar-refractivity contribution in [2.45, 2.75) is 13.0 Å². The smallest absolute Gasteiger partial charge is 0.173 e. The summed E-state index contributed by atoms with van der Waals surface area (Å²) in [5.41, 5.74) is 0.630. The van der Waals surface area contributed by atoms with Gasteiger partial charge in [-0.15, -0.1) is 5.10 Å². The molecule has 2 rings (SSSR count). The Kier molecular flexibility index (Phi) is 5.95. The lowest BCUT2D eigenvalue weighted by Gasteiger charge is -2.14. The molecule has 6 nitrogen and oxygen atoms in total. The van der Waals surface area contributed by atoms with Crippen LogP contribution in [0.3, 0.4) is 0 Å². The van der Waals surface area contributed by atoms with E-state index in [1.54, 1.807) is 23.9 Å². The molecule has 1 aromatic carbocycles. The first-order valence-electron chi connectivity index (χ1n) is 6.20. The Bertz CT molecular complexity index is 622. The molecule has 1 N–H and O–H groups in total. The van der Waals surface area contributed by atoms with Gasteiger partial charge in [0.2, 0.25) is 0 Å². The highest BCUT2D eigenvalue weighted by molar-refractivity contribution is 9.10. The molecule has 1 aromatic heterocycles. The highest BCUT2D eigenvalue weighted by Gasteiger charge is 2.19. The predicted octanol–water partition coefficient (Wildman–Crippen LogP) is 3.03. The maximum Gasteiger partial charge on any atom is 0.173 e. The first-order valence-corrected chi connectivity index (χ1v) is 7.75. The minimum Gasteiger partial charge on any atom is -0.383 e. The lowest BCUT2D eigenvalue weighted by atomic mass is 10.2. The van der Waals surface area contributed by atoms with Gasteiger partial charge in [0.1, 0.15) is 0 Å². The number of ether oxygens (including phenoxy) is 1. The summed E-state index contributed by atoms with van der Waals surface area (Å²) in [6, 6.07) is 3.55. The summed E-state index contributed by atoms with van der Waals surface area (Å²) in [6.07, 6.45) is 0. The summed E-state index contributed by atoms with van der Waals surface area (Å²) in [5.74, 6) is 0.645. The molecule has 1 unspecified atom stereocenters. The van der Waals surface area contributed by atoms with Gasteiger partial charge < -0.3 is 10.1 Å². The lowest BCUT2D eigenvalue weighted by Crippen LogP contribution is -2.25. The fourth-order valence-corrected chi connectivity index (χ4v) is 2.63. The van der Waals surface area contributed by atoms with E-state index < -0.39 is 0 Å². The maximum atomic E-state index is 6.27. The van der Waals surface area contributed by atoms with Crippen LogP contribution >= 0.6 is 39.1 Å². The van der Waals surface area contributed by atoms with Gasteiger partial charge in [-0.1, -0.05) is 23.2 Å². The van der Waals surface area contributed by atoms with Crippen LogP contribution in [0.15, 0.2) is 16.6 Å². The first kappa shape index (κ1) is 16.6. The van der Waals surface area contributed by atoms with Crippen molar-refractivity contribution in [2.75, 3.05) is 20.3 Å². The van der Waals surface area contributed by atoms with Gasteiger partial charge in [0.05, 0.1) is 28.4 Å². The van der Waals surface area contributed by atoms with Gasteiger partial charge in [-0.2, -0.15) is 4.68 Å². The van der Waals surface area contributed by atoms with Crippen LogP contribution in [-0.4, -0.2) is 40.5 Å². The zero-order chi connectivity index (χ0) is 15.4. The van der Waals surface area contributed by atoms with Crippen molar-refractivity contribution in [3.63, 3.8) is 0 Å². The number of rotatable bonds is 6. The topological polar surface area (TPSA) is 64.9 Å². The summed E-state index contributed by atoms with van der Waals surface area (Å²) < 4.78 is 7.30. The molecule has 0 aliphatic heterocycles. The normalized spacial score (nSPS) is 12.6. The number of hydrogen-bond acceptors (Lipinski definition) is 5. The Hall–Kier alpha value is -0.730. The van der Waals surface area contributed by atoms with Crippen molar-refractivity contribution in [2.24, 2.45) is 0 Å². The fraction of sp³-hybridized carbons (Fsp3) is 0.417. The molecule has 114 valence electrons. The summed E-state index contributed by atoms with van der Waals surface area (Å²) in [7, 11) is 1.65. The molecule has 0 saturated heterocycles. The number of tetrazole rings is 1. The van der Waals surface area contributed by atoms with Crippen molar-refractivity contribution >= 4 is 39.1 Å². The molecule has 2 aromatic rings. The molecule has 0 spiro atoms. The molecular weight excluding hydrogens is 381 g/mol. The number of hydrogen-bond donors (Lipinski definition) is 1. The first-order chi connectivity index (χ1) is 10.1. The van der Waals surface area contributed by atoms with Crippen LogP contribution in [0.5, 0.6) is 0 Å². The number of methoxy groups -OCH3 is 1. The van der Waals surface area contributed by atoms with E-state index in [4.69, 9.17) is 27.9 Å². The third kappa shape index (κ3) is 3.73. The van der Waals surface area contributed by atoms with Crippen LogP contribution in [0.25, 0.3) is 5.69 Å². The van der Waals surface area contributed by atoms with Gasteiger partial charge in [0.25, 0.3) is 0 Å². The Morgan fingerprint density at radius 1 is 1.38 bits per heavy atom. The van der Waals surface area contributed by atoms with Gasteiger partial charge in [0.15, 0.2) is 5.82 Å². The summed E-state index contributed by atoms with van der Waals surface area (Å²) in [5, 5.41) is 15.8. The molecule has 0 radical (unpaired) electrons. The molecule has 0 bridgehead atoms. The van der Waals surface area contributed by atoms with Gasteiger partial charge in [-0.05, 0) is 45.4 Å². The molecule has 0 fully saturated rings. The van der Waals surface area contributed by atoms with Crippen molar-refractivity contribution in [3.8, 4) is 5.69 Å². The Balaban J connectivity index is 2.30. The van der Waals surface area contributed by atoms with Crippen molar-refractivity contribution in [3.05, 3.63) is 32.5 Å². The molecular formula is C12H14BrCl2N5O. The molecule has 1 heterocycles. The minimum atomic E-state index is -0.0614. The van der Waals surface area contributed by atoms with Crippen LogP contribution in [0.2, 0.25) is 10.0 Å². The Labute approximate surface area is 140 Å². The van der Waals surface area contributed by atoms with E-state index in [0.717, 1.165) is 4.47 Å². The molecule has 0 amide bonds. The van der Waals surface area contributed by atoms with Crippen LogP contribution in [0.1, 0.15) is 18.8 Å². The second-order valence-electron chi connectivity index (χ2n) is 4.31. The quantitative estimate of drug-likeness (QED) is 0.602. The number of aromatic nitrogens is 4. The summed E-state index contributed by atoms with van der Waals surface area (Å²) >= 11 is 15.7. The molecule has 0 aliphatic carbocycles. The molecule has 21 heavy (non-hydrogen) atoms. The van der Waals surface area contributed by atoms with Gasteiger partial charge in [0, 0.05) is 18.1 Å². The van der Waals surface area contributed by atoms with E-state index in [2.05, 4.69) is 36.8 Å². The van der Waals surface area contributed by atoms with Crippen molar-refractivity contribution in [1.29, 1.82) is 0 Å². The molecule has 0 aliphatic rings. The van der Waals surface area contributed by atoms with E-state index in [9.17, 15) is 0 Å². The standard InChI is InChI=1S/C12H14BrCl2N5O/c1-7(16-5-6-21-2)12-17-18-19-20(12)9-4-3-8(13)10(14)11(9)15/h3-4,7,16H,5-6H2,1-2H3. The van der Waals surface area contributed by atoms with Gasteiger partial charge in [-0.3, -0.25) is 0 Å². The summed E-state index contributed by atoms with van der Waals surface area (Å²) in [6.45, 7) is 3.27. The average molecular weight is 395 g/mol. The SMILES string of the molecule is COCCNC(C)c1nnnn1-c1ccc(Br)c(Cl)c1Cl. The average Bonchev–Trinajstić information content (AvgIpc) is 2.94. The van der Waals surface area contributed by atoms with E-state index in [0.29, 0.717) is 34.7 Å². The predicted molar refractivity (Wildman–Crippen MR) is 85.2 cm³/mol. The zero-order valence-corrected chi connectivity index (χ0v) is 14.6. The van der Waals surface area contributed by atoms with E-state index in [-0.39, 0.29) is 6.04 Å². The highest BCUT2D eigenvalue weighted by Crippen LogP contribution is 2.35. The zero-order valence-electron chi connectivity index (χ0n) is 11.5. The van der Waals surface area contributed by atoms with E-state index >= 15 is 0 Å². The second kappa shape index (κ2) is 7.51. The Morgan fingerprint density at radius 3 is 2.86 bits per heavy atom. The fourth-order valence-electron chi connectivity index (χ4n) is 1.78. The largest absolute Gasteiger partial charge is 0.383 e. The minimum absolute atomic E-state index is 0.0614. The number of benzene rings is 1. The monoisotopic (exact) mass is 393 g/mol. The molecule has 1 atom stereocenters. The third-order valence-electron chi connectivity index (χ3n) is 2.88. The van der Waals surface area contributed by atoms with Gasteiger partial charge >= 0.3 is 0 Å². The third-order valence-corrected chi connectivity index (χ3v) is 4.64. The maximum absolute atomic E-state index is 6.27. The second-order valence-corrected chi connectivity index (χ2v) is 5.92. The number of halogens is 3. The van der Waals surface area contributed by atoms with Crippen LogP contribution < -0.4 is 5.32 Å². The van der Waals surface area contributed by atoms with Crippen molar-refractivity contribution < 1.29 is 4.74 Å². The van der Waals surface area contributed by atoms with Crippen molar-refractivity contribution in [1.82, 2.24) is 25.5 Å². The van der Waals surface area contributed by atoms with Crippen LogP contribution in [0.4, 0.5) is 0 Å². The highest BCUT2D eigenvalue weighted by atomic mass is 79.9. The van der Waals surface area contributed by atoms with E-state index in [1.165, 1.54) is 0 Å². The summed E-state index contributed by atoms with van der Waals surface area (Å²) in [4.78, 5) is 0. The van der Waals surface area contributed by atoms with E-state index in [1.807, 2.05) is 6.92 Å². The molecule has 0 saturated carbocycles. The molecule has 9 heteroatoms. The lowest BCUT2D eigenvalue weighted by molar-refractivity contribution is 0.196. The van der Waals surface area contributed by atoms with Crippen LogP contribution in [0, 0.1) is 0 Å². The number of nitrogens with one attached hydrogen (secondary N) is 1. The Morgan fingerprint density at radius 2 is 2.14 bits per heavy atom. The number of nitrogens with zero attached hydrogens (tertiary/aromatic N) is 4.